The number of thiophene rings is 1. The Bertz CT molecular complexity index is 276. The SMILES string of the molecule is CC1(CNCc2ccsc2)CCCCN1. The molecule has 2 nitrogen and oxygen atoms in total. The van der Waals surface area contributed by atoms with E-state index in [4.69, 9.17) is 0 Å². The van der Waals surface area contributed by atoms with E-state index in [1.54, 1.807) is 11.3 Å². The fourth-order valence-corrected chi connectivity index (χ4v) is 2.81. The largest absolute Gasteiger partial charge is 0.311 e. The predicted octanol–water partition coefficient (Wildman–Crippen LogP) is 2.37. The van der Waals surface area contributed by atoms with Crippen molar-refractivity contribution in [2.75, 3.05) is 13.1 Å². The van der Waals surface area contributed by atoms with Gasteiger partial charge in [0.05, 0.1) is 0 Å². The highest BCUT2D eigenvalue weighted by Gasteiger charge is 2.25. The van der Waals surface area contributed by atoms with Gasteiger partial charge in [-0.3, -0.25) is 0 Å². The average Bonchev–Trinajstić information content (AvgIpc) is 2.71. The Morgan fingerprint density at radius 2 is 2.47 bits per heavy atom. The molecular formula is C12H20N2S. The molecule has 84 valence electrons. The van der Waals surface area contributed by atoms with Crippen molar-refractivity contribution >= 4 is 11.3 Å². The summed E-state index contributed by atoms with van der Waals surface area (Å²) in [4.78, 5) is 0. The summed E-state index contributed by atoms with van der Waals surface area (Å²) in [6.07, 6.45) is 3.99. The van der Waals surface area contributed by atoms with Gasteiger partial charge in [-0.25, -0.2) is 0 Å². The van der Waals surface area contributed by atoms with E-state index in [0.29, 0.717) is 5.54 Å². The van der Waals surface area contributed by atoms with Gasteiger partial charge in [0.25, 0.3) is 0 Å². The van der Waals surface area contributed by atoms with Crippen LogP contribution in [0.3, 0.4) is 0 Å². The van der Waals surface area contributed by atoms with Crippen LogP contribution in [-0.2, 0) is 6.54 Å². The molecule has 0 radical (unpaired) electrons. The van der Waals surface area contributed by atoms with Gasteiger partial charge in [-0.2, -0.15) is 11.3 Å². The standard InChI is InChI=1S/C12H20N2S/c1-12(5-2-3-6-14-12)10-13-8-11-4-7-15-9-11/h4,7,9,13-14H,2-3,5-6,8,10H2,1H3. The molecule has 1 aromatic heterocycles. The number of nitrogens with one attached hydrogen (secondary N) is 2. The first-order chi connectivity index (χ1) is 7.29. The topological polar surface area (TPSA) is 24.1 Å². The Hall–Kier alpha value is -0.380. The Kier molecular flexibility index (Phi) is 3.78. The highest BCUT2D eigenvalue weighted by atomic mass is 32.1. The van der Waals surface area contributed by atoms with E-state index in [9.17, 15) is 0 Å². The normalized spacial score (nSPS) is 26.7. The molecule has 1 atom stereocenters. The molecule has 0 amide bonds. The molecule has 2 N–H and O–H groups in total. The first-order valence-corrected chi connectivity index (χ1v) is 6.70. The third kappa shape index (κ3) is 3.30. The minimum atomic E-state index is 0.314. The first kappa shape index (κ1) is 11.1. The number of piperidine rings is 1. The van der Waals surface area contributed by atoms with Crippen LogP contribution in [0.5, 0.6) is 0 Å². The van der Waals surface area contributed by atoms with Crippen LogP contribution in [0.1, 0.15) is 31.7 Å². The quantitative estimate of drug-likeness (QED) is 0.820. The molecule has 1 fully saturated rings. The predicted molar refractivity (Wildman–Crippen MR) is 66.3 cm³/mol. The second-order valence-corrected chi connectivity index (χ2v) is 5.46. The maximum Gasteiger partial charge on any atom is 0.0278 e. The average molecular weight is 224 g/mol. The molecule has 3 heteroatoms. The molecule has 1 aliphatic rings. The highest BCUT2D eigenvalue weighted by Crippen LogP contribution is 2.17. The van der Waals surface area contributed by atoms with Gasteiger partial charge in [-0.05, 0) is 48.7 Å². The van der Waals surface area contributed by atoms with Crippen molar-refractivity contribution in [3.63, 3.8) is 0 Å². The van der Waals surface area contributed by atoms with Crippen molar-refractivity contribution in [3.8, 4) is 0 Å². The smallest absolute Gasteiger partial charge is 0.0278 e. The Morgan fingerprint density at radius 3 is 3.13 bits per heavy atom. The van der Waals surface area contributed by atoms with Gasteiger partial charge in [0.2, 0.25) is 0 Å². The molecule has 15 heavy (non-hydrogen) atoms. The Labute approximate surface area is 96.1 Å². The third-order valence-electron chi connectivity index (χ3n) is 3.13. The lowest BCUT2D eigenvalue weighted by molar-refractivity contribution is 0.267. The van der Waals surface area contributed by atoms with Crippen LogP contribution in [-0.4, -0.2) is 18.6 Å². The second-order valence-electron chi connectivity index (χ2n) is 4.68. The third-order valence-corrected chi connectivity index (χ3v) is 3.86. The van der Waals surface area contributed by atoms with Crippen LogP contribution in [0.4, 0.5) is 0 Å². The summed E-state index contributed by atoms with van der Waals surface area (Å²) in [7, 11) is 0. The van der Waals surface area contributed by atoms with Gasteiger partial charge < -0.3 is 10.6 Å². The number of rotatable bonds is 4. The van der Waals surface area contributed by atoms with E-state index in [1.165, 1.54) is 31.4 Å². The summed E-state index contributed by atoms with van der Waals surface area (Å²) >= 11 is 1.77. The lowest BCUT2D eigenvalue weighted by Gasteiger charge is -2.35. The maximum absolute atomic E-state index is 3.62. The fourth-order valence-electron chi connectivity index (χ4n) is 2.15. The van der Waals surface area contributed by atoms with Crippen molar-refractivity contribution in [3.05, 3.63) is 22.4 Å². The Morgan fingerprint density at radius 1 is 1.53 bits per heavy atom. The summed E-state index contributed by atoms with van der Waals surface area (Å²) in [6.45, 7) is 5.58. The van der Waals surface area contributed by atoms with Crippen molar-refractivity contribution in [2.45, 2.75) is 38.3 Å². The summed E-state index contributed by atoms with van der Waals surface area (Å²) in [5.41, 5.74) is 1.72. The van der Waals surface area contributed by atoms with Gasteiger partial charge in [0.15, 0.2) is 0 Å². The van der Waals surface area contributed by atoms with Gasteiger partial charge in [-0.1, -0.05) is 6.42 Å². The zero-order chi connectivity index (χ0) is 10.6. The van der Waals surface area contributed by atoms with Crippen molar-refractivity contribution < 1.29 is 0 Å². The molecule has 1 aromatic rings. The maximum atomic E-state index is 3.62. The molecule has 0 bridgehead atoms. The van der Waals surface area contributed by atoms with Crippen LogP contribution in [0.15, 0.2) is 16.8 Å². The second kappa shape index (κ2) is 5.10. The fraction of sp³-hybridized carbons (Fsp3) is 0.667. The molecule has 0 aromatic carbocycles. The summed E-state index contributed by atoms with van der Waals surface area (Å²) < 4.78 is 0. The highest BCUT2D eigenvalue weighted by molar-refractivity contribution is 7.07. The molecule has 2 rings (SSSR count). The van der Waals surface area contributed by atoms with E-state index < -0.39 is 0 Å². The molecule has 1 saturated heterocycles. The summed E-state index contributed by atoms with van der Waals surface area (Å²) in [5.74, 6) is 0. The zero-order valence-corrected chi connectivity index (χ0v) is 10.2. The van der Waals surface area contributed by atoms with Gasteiger partial charge in [0, 0.05) is 18.6 Å². The van der Waals surface area contributed by atoms with Gasteiger partial charge >= 0.3 is 0 Å². The molecule has 0 saturated carbocycles. The van der Waals surface area contributed by atoms with Gasteiger partial charge in [0.1, 0.15) is 0 Å². The van der Waals surface area contributed by atoms with Crippen molar-refractivity contribution in [1.82, 2.24) is 10.6 Å². The van der Waals surface area contributed by atoms with Crippen molar-refractivity contribution in [1.29, 1.82) is 0 Å². The van der Waals surface area contributed by atoms with E-state index in [1.807, 2.05) is 0 Å². The van der Waals surface area contributed by atoms with Crippen LogP contribution in [0, 0.1) is 0 Å². The monoisotopic (exact) mass is 224 g/mol. The molecule has 0 spiro atoms. The number of hydrogen-bond donors (Lipinski definition) is 2. The molecule has 1 unspecified atom stereocenters. The first-order valence-electron chi connectivity index (χ1n) is 5.75. The van der Waals surface area contributed by atoms with E-state index in [0.717, 1.165) is 13.1 Å². The minimum absolute atomic E-state index is 0.314. The summed E-state index contributed by atoms with van der Waals surface area (Å²) in [5, 5.41) is 11.5. The lowest BCUT2D eigenvalue weighted by Crippen LogP contribution is -2.52. The van der Waals surface area contributed by atoms with E-state index >= 15 is 0 Å². The van der Waals surface area contributed by atoms with Crippen LogP contribution >= 0.6 is 11.3 Å². The van der Waals surface area contributed by atoms with Gasteiger partial charge in [-0.15, -0.1) is 0 Å². The molecule has 1 aliphatic heterocycles. The van der Waals surface area contributed by atoms with Crippen LogP contribution in [0.2, 0.25) is 0 Å². The van der Waals surface area contributed by atoms with Crippen LogP contribution in [0.25, 0.3) is 0 Å². The van der Waals surface area contributed by atoms with E-state index in [2.05, 4.69) is 34.4 Å². The van der Waals surface area contributed by atoms with E-state index in [-0.39, 0.29) is 0 Å². The van der Waals surface area contributed by atoms with Crippen molar-refractivity contribution in [2.24, 2.45) is 0 Å². The lowest BCUT2D eigenvalue weighted by atomic mass is 9.91. The molecular weight excluding hydrogens is 204 g/mol. The number of hydrogen-bond acceptors (Lipinski definition) is 3. The molecule has 2 heterocycles. The zero-order valence-electron chi connectivity index (χ0n) is 9.38. The minimum Gasteiger partial charge on any atom is -0.311 e. The Balaban J connectivity index is 1.72. The van der Waals surface area contributed by atoms with Crippen LogP contribution < -0.4 is 10.6 Å². The molecule has 0 aliphatic carbocycles. The summed E-state index contributed by atoms with van der Waals surface area (Å²) in [6, 6.07) is 2.19.